The van der Waals surface area contributed by atoms with Crippen molar-refractivity contribution in [3.05, 3.63) is 72.4 Å². The number of ketones is 1. The minimum absolute atomic E-state index is 0.0985. The molecule has 0 bridgehead atoms. The van der Waals surface area contributed by atoms with Crippen molar-refractivity contribution in [1.29, 1.82) is 5.26 Å². The predicted molar refractivity (Wildman–Crippen MR) is 166 cm³/mol. The van der Waals surface area contributed by atoms with Crippen molar-refractivity contribution in [3.63, 3.8) is 0 Å². The average molecular weight is 578 g/mol. The van der Waals surface area contributed by atoms with Crippen LogP contribution in [0.1, 0.15) is 56.7 Å². The van der Waals surface area contributed by atoms with E-state index in [4.69, 9.17) is 9.72 Å². The van der Waals surface area contributed by atoms with Gasteiger partial charge < -0.3 is 9.64 Å². The Kier molecular flexibility index (Phi) is 8.66. The van der Waals surface area contributed by atoms with Crippen LogP contribution in [0.3, 0.4) is 0 Å². The zero-order valence-electron chi connectivity index (χ0n) is 24.9. The van der Waals surface area contributed by atoms with E-state index in [0.717, 1.165) is 73.6 Å². The molecule has 43 heavy (non-hydrogen) atoms. The van der Waals surface area contributed by atoms with Gasteiger partial charge in [0.05, 0.1) is 36.6 Å². The van der Waals surface area contributed by atoms with Crippen molar-refractivity contribution in [2.24, 2.45) is 5.41 Å². The molecular weight excluding hydrogens is 538 g/mol. The molecular formula is C34H39N7O2. The van der Waals surface area contributed by atoms with Crippen molar-refractivity contribution in [2.75, 3.05) is 44.2 Å². The fourth-order valence-electron chi connectivity index (χ4n) is 6.73. The summed E-state index contributed by atoms with van der Waals surface area (Å²) in [7, 11) is 0. The van der Waals surface area contributed by atoms with Gasteiger partial charge in [0.1, 0.15) is 23.4 Å². The van der Waals surface area contributed by atoms with E-state index in [0.29, 0.717) is 36.7 Å². The van der Waals surface area contributed by atoms with E-state index in [1.165, 1.54) is 19.3 Å². The maximum Gasteiger partial charge on any atom is 0.147 e. The molecule has 2 aliphatic rings. The lowest BCUT2D eigenvalue weighted by molar-refractivity contribution is -0.123. The minimum Gasteiger partial charge on any atom is -0.492 e. The monoisotopic (exact) mass is 577 g/mol. The zero-order chi connectivity index (χ0) is 29.6. The van der Waals surface area contributed by atoms with Crippen LogP contribution in [-0.4, -0.2) is 69.6 Å². The number of likely N-dealkylation sites (tertiary alicyclic amines) is 1. The van der Waals surface area contributed by atoms with E-state index in [1.807, 2.05) is 37.5 Å². The van der Waals surface area contributed by atoms with Gasteiger partial charge in [-0.15, -0.1) is 0 Å². The lowest BCUT2D eigenvalue weighted by atomic mass is 9.71. The third kappa shape index (κ3) is 6.55. The Morgan fingerprint density at radius 3 is 2.58 bits per heavy atom. The molecule has 0 unspecified atom stereocenters. The highest BCUT2D eigenvalue weighted by molar-refractivity contribution is 5.85. The molecule has 6 rings (SSSR count). The van der Waals surface area contributed by atoms with Crippen LogP contribution in [0.25, 0.3) is 16.6 Å². The summed E-state index contributed by atoms with van der Waals surface area (Å²) in [4.78, 5) is 27.5. The summed E-state index contributed by atoms with van der Waals surface area (Å²) in [5.41, 5.74) is 3.97. The molecule has 222 valence electrons. The van der Waals surface area contributed by atoms with Gasteiger partial charge in [0, 0.05) is 48.7 Å². The topological polar surface area (TPSA) is 99.6 Å². The second-order valence-corrected chi connectivity index (χ2v) is 11.9. The summed E-state index contributed by atoms with van der Waals surface area (Å²) >= 11 is 0. The molecule has 0 N–H and O–H groups in total. The number of carbonyl (C=O) groups is 1. The molecule has 0 radical (unpaired) electrons. The normalized spacial score (nSPS) is 17.1. The van der Waals surface area contributed by atoms with Gasteiger partial charge in [-0.1, -0.05) is 12.5 Å². The molecule has 0 atom stereocenters. The smallest absolute Gasteiger partial charge is 0.147 e. The third-order valence-corrected chi connectivity index (χ3v) is 8.93. The number of Topliss-reactive ketones (excluding diaryl/α,β-unsaturated/α-hetero) is 1. The standard InChI is InChI=1S/C34H39N7O2/c1-2-43-30-18-31(33-27(21-35)23-38-41(33)25-30)26-9-10-32(37-22-26)40-16-11-34(12-17-40,19-28-8-4-5-13-36-28)20-29(42)24-39-14-6-3-7-15-39/h4-5,8-10,13,18,22-23,25H,2-3,6-7,11-12,14-17,19-20,24H2,1H3. The highest BCUT2D eigenvalue weighted by atomic mass is 16.5. The molecule has 0 amide bonds. The fourth-order valence-corrected chi connectivity index (χ4v) is 6.73. The maximum atomic E-state index is 13.4. The summed E-state index contributed by atoms with van der Waals surface area (Å²) < 4.78 is 7.47. The molecule has 9 nitrogen and oxygen atoms in total. The average Bonchev–Trinajstić information content (AvgIpc) is 3.45. The second kappa shape index (κ2) is 12.9. The number of anilines is 1. The van der Waals surface area contributed by atoms with E-state index in [2.05, 4.69) is 44.2 Å². The van der Waals surface area contributed by atoms with Gasteiger partial charge in [-0.05, 0) is 87.9 Å². The lowest BCUT2D eigenvalue weighted by Gasteiger charge is -2.42. The predicted octanol–water partition coefficient (Wildman–Crippen LogP) is 5.34. The minimum atomic E-state index is -0.0985. The van der Waals surface area contributed by atoms with Crippen LogP contribution in [0.15, 0.2) is 61.2 Å². The quantitative estimate of drug-likeness (QED) is 0.249. The molecule has 4 aromatic rings. The summed E-state index contributed by atoms with van der Waals surface area (Å²) in [5.74, 6) is 1.96. The van der Waals surface area contributed by atoms with Gasteiger partial charge in [0.25, 0.3) is 0 Å². The number of hydrogen-bond donors (Lipinski definition) is 0. The van der Waals surface area contributed by atoms with Gasteiger partial charge in [-0.3, -0.25) is 14.7 Å². The molecule has 0 spiro atoms. The molecule has 0 saturated carbocycles. The van der Waals surface area contributed by atoms with Crippen LogP contribution in [0.2, 0.25) is 0 Å². The first-order valence-electron chi connectivity index (χ1n) is 15.5. The van der Waals surface area contributed by atoms with Crippen LogP contribution in [0.4, 0.5) is 5.82 Å². The molecule has 0 aromatic carbocycles. The van der Waals surface area contributed by atoms with E-state index in [9.17, 15) is 10.1 Å². The van der Waals surface area contributed by atoms with Crippen LogP contribution in [-0.2, 0) is 11.2 Å². The summed E-state index contributed by atoms with van der Waals surface area (Å²) in [6.45, 7) is 6.79. The summed E-state index contributed by atoms with van der Waals surface area (Å²) in [6, 6.07) is 14.4. The van der Waals surface area contributed by atoms with E-state index < -0.39 is 0 Å². The van der Waals surface area contributed by atoms with Crippen LogP contribution in [0.5, 0.6) is 5.75 Å². The van der Waals surface area contributed by atoms with Gasteiger partial charge in [0.15, 0.2) is 0 Å². The molecule has 2 saturated heterocycles. The number of nitrogens with zero attached hydrogens (tertiary/aromatic N) is 7. The Bertz CT molecular complexity index is 1580. The Hall–Kier alpha value is -4.29. The molecule has 6 heterocycles. The Balaban J connectivity index is 1.19. The molecule has 0 aliphatic carbocycles. The van der Waals surface area contributed by atoms with Gasteiger partial charge in [-0.25, -0.2) is 9.50 Å². The highest BCUT2D eigenvalue weighted by Crippen LogP contribution is 2.40. The first-order chi connectivity index (χ1) is 21.1. The van der Waals surface area contributed by atoms with Crippen LogP contribution >= 0.6 is 0 Å². The Labute approximate surface area is 253 Å². The van der Waals surface area contributed by atoms with Crippen molar-refractivity contribution < 1.29 is 9.53 Å². The van der Waals surface area contributed by atoms with E-state index in [-0.39, 0.29) is 5.41 Å². The van der Waals surface area contributed by atoms with Crippen LogP contribution < -0.4 is 9.64 Å². The molecule has 4 aromatic heterocycles. The SMILES string of the molecule is CCOc1cc(-c2ccc(N3CCC(CC(=O)CN4CCCCC4)(Cc4ccccn4)CC3)nc2)c2c(C#N)cnn2c1. The molecule has 9 heteroatoms. The highest BCUT2D eigenvalue weighted by Gasteiger charge is 2.37. The lowest BCUT2D eigenvalue weighted by Crippen LogP contribution is -2.44. The van der Waals surface area contributed by atoms with Crippen molar-refractivity contribution in [1.82, 2.24) is 24.5 Å². The van der Waals surface area contributed by atoms with Gasteiger partial charge in [0.2, 0.25) is 0 Å². The first kappa shape index (κ1) is 28.8. The van der Waals surface area contributed by atoms with Crippen molar-refractivity contribution >= 4 is 17.1 Å². The van der Waals surface area contributed by atoms with E-state index >= 15 is 0 Å². The number of rotatable bonds is 10. The Morgan fingerprint density at radius 2 is 1.88 bits per heavy atom. The number of aromatic nitrogens is 4. The number of piperidine rings is 2. The van der Waals surface area contributed by atoms with Crippen LogP contribution in [0, 0.1) is 16.7 Å². The maximum absolute atomic E-state index is 13.4. The van der Waals surface area contributed by atoms with E-state index in [1.54, 1.807) is 16.9 Å². The van der Waals surface area contributed by atoms with Gasteiger partial charge in [-0.2, -0.15) is 10.4 Å². The number of hydrogen-bond acceptors (Lipinski definition) is 8. The number of fused-ring (bicyclic) bond motifs is 1. The second-order valence-electron chi connectivity index (χ2n) is 11.9. The first-order valence-corrected chi connectivity index (χ1v) is 15.5. The Morgan fingerprint density at radius 1 is 1.05 bits per heavy atom. The summed E-state index contributed by atoms with van der Waals surface area (Å²) in [5, 5.41) is 14.0. The summed E-state index contributed by atoms with van der Waals surface area (Å²) in [6.07, 6.45) is 14.0. The van der Waals surface area contributed by atoms with Crippen molar-refractivity contribution in [2.45, 2.75) is 51.9 Å². The number of nitriles is 1. The largest absolute Gasteiger partial charge is 0.492 e. The number of ether oxygens (including phenoxy) is 1. The molecule has 2 aliphatic heterocycles. The molecule has 2 fully saturated rings. The zero-order valence-corrected chi connectivity index (χ0v) is 24.9. The number of carbonyl (C=O) groups excluding carboxylic acids is 1. The third-order valence-electron chi connectivity index (χ3n) is 8.93. The number of pyridine rings is 3. The fraction of sp³-hybridized carbons (Fsp3) is 0.441. The van der Waals surface area contributed by atoms with Crippen molar-refractivity contribution in [3.8, 4) is 22.9 Å². The van der Waals surface area contributed by atoms with Gasteiger partial charge >= 0.3 is 0 Å².